The Labute approximate surface area is 166 Å². The summed E-state index contributed by atoms with van der Waals surface area (Å²) in [4.78, 5) is 39.3. The van der Waals surface area contributed by atoms with Gasteiger partial charge in [0, 0.05) is 31.5 Å². The first-order valence-corrected chi connectivity index (χ1v) is 9.50. The minimum atomic E-state index is -0.115. The molecule has 2 aliphatic heterocycles. The molecule has 1 aromatic carbocycles. The molecule has 0 aliphatic carbocycles. The van der Waals surface area contributed by atoms with Gasteiger partial charge in [-0.25, -0.2) is 0 Å². The van der Waals surface area contributed by atoms with Gasteiger partial charge in [-0.15, -0.1) is 12.4 Å². The topological polar surface area (TPSA) is 69.7 Å². The molecule has 0 saturated carbocycles. The maximum absolute atomic E-state index is 12.7. The van der Waals surface area contributed by atoms with Crippen molar-refractivity contribution >= 4 is 30.1 Å². The van der Waals surface area contributed by atoms with Crippen LogP contribution in [0.2, 0.25) is 0 Å². The summed E-state index contributed by atoms with van der Waals surface area (Å²) in [5.74, 6) is 0.481. The number of halogens is 1. The number of rotatable bonds is 6. The van der Waals surface area contributed by atoms with E-state index in [1.54, 1.807) is 12.1 Å². The second kappa shape index (κ2) is 9.85. The van der Waals surface area contributed by atoms with E-state index in [2.05, 4.69) is 12.2 Å². The summed E-state index contributed by atoms with van der Waals surface area (Å²) in [7, 11) is 0. The van der Waals surface area contributed by atoms with Gasteiger partial charge >= 0.3 is 0 Å². The molecule has 1 aromatic rings. The molecule has 0 atom stereocenters. The summed E-state index contributed by atoms with van der Waals surface area (Å²) in [6, 6.07) is 7.27. The molecule has 2 aliphatic rings. The Balaban J connectivity index is 0.00000261. The minimum Gasteiger partial charge on any atom is -0.339 e. The second-order valence-corrected chi connectivity index (χ2v) is 7.11. The summed E-state index contributed by atoms with van der Waals surface area (Å²) in [6.45, 7) is 6.02. The van der Waals surface area contributed by atoms with Crippen molar-refractivity contribution in [1.82, 2.24) is 15.1 Å². The molecule has 0 unspecified atom stereocenters. The lowest BCUT2D eigenvalue weighted by molar-refractivity contribution is -0.139. The van der Waals surface area contributed by atoms with Gasteiger partial charge in [0.05, 0.1) is 6.54 Å². The lowest BCUT2D eigenvalue weighted by atomic mass is 9.96. The van der Waals surface area contributed by atoms with Crippen LogP contribution in [0.4, 0.5) is 0 Å². The van der Waals surface area contributed by atoms with Crippen LogP contribution in [-0.2, 0) is 16.1 Å². The minimum absolute atomic E-state index is 0. The highest BCUT2D eigenvalue weighted by Crippen LogP contribution is 2.20. The van der Waals surface area contributed by atoms with Crippen LogP contribution >= 0.6 is 12.4 Å². The average molecular weight is 394 g/mol. The van der Waals surface area contributed by atoms with Gasteiger partial charge in [0.2, 0.25) is 11.8 Å². The third kappa shape index (κ3) is 5.30. The van der Waals surface area contributed by atoms with Crippen LogP contribution in [0, 0.1) is 5.92 Å². The molecule has 2 fully saturated rings. The number of nitrogens with zero attached hydrogens (tertiary/aromatic N) is 2. The van der Waals surface area contributed by atoms with Crippen LogP contribution in [0.25, 0.3) is 0 Å². The summed E-state index contributed by atoms with van der Waals surface area (Å²) in [6.07, 6.45) is 2.68. The normalized spacial score (nSPS) is 18.0. The lowest BCUT2D eigenvalue weighted by Crippen LogP contribution is -2.40. The SMILES string of the molecule is CCNCC1CCN(C(=O)c2ccc(CN3C(=O)CCC3=O)cc2)CC1.Cl. The Bertz CT molecular complexity index is 654. The highest BCUT2D eigenvalue weighted by Gasteiger charge is 2.29. The summed E-state index contributed by atoms with van der Waals surface area (Å²) in [5.41, 5.74) is 1.53. The number of imide groups is 1. The highest BCUT2D eigenvalue weighted by molar-refractivity contribution is 6.01. The van der Waals surface area contributed by atoms with Gasteiger partial charge in [-0.1, -0.05) is 19.1 Å². The van der Waals surface area contributed by atoms with Crippen molar-refractivity contribution in [3.63, 3.8) is 0 Å². The third-order valence-corrected chi connectivity index (χ3v) is 5.28. The molecule has 6 nitrogen and oxygen atoms in total. The standard InChI is InChI=1S/C20H27N3O3.ClH/c1-2-21-13-15-9-11-22(12-10-15)20(26)17-5-3-16(4-6-17)14-23-18(24)7-8-19(23)25;/h3-6,15,21H,2,7-14H2,1H3;1H. The van der Waals surface area contributed by atoms with Gasteiger partial charge in [-0.3, -0.25) is 19.3 Å². The first-order valence-electron chi connectivity index (χ1n) is 9.50. The predicted molar refractivity (Wildman–Crippen MR) is 106 cm³/mol. The highest BCUT2D eigenvalue weighted by atomic mass is 35.5. The summed E-state index contributed by atoms with van der Waals surface area (Å²) >= 11 is 0. The zero-order valence-corrected chi connectivity index (χ0v) is 16.6. The van der Waals surface area contributed by atoms with Crippen molar-refractivity contribution in [1.29, 1.82) is 0 Å². The Hall–Kier alpha value is -1.92. The number of hydrogen-bond donors (Lipinski definition) is 1. The van der Waals surface area contributed by atoms with Crippen molar-refractivity contribution in [3.05, 3.63) is 35.4 Å². The number of hydrogen-bond acceptors (Lipinski definition) is 4. The molecule has 1 N–H and O–H groups in total. The monoisotopic (exact) mass is 393 g/mol. The van der Waals surface area contributed by atoms with E-state index in [-0.39, 0.29) is 30.1 Å². The van der Waals surface area contributed by atoms with E-state index in [1.807, 2.05) is 17.0 Å². The molecule has 7 heteroatoms. The van der Waals surface area contributed by atoms with Crippen LogP contribution < -0.4 is 5.32 Å². The Morgan fingerprint density at radius 1 is 1.07 bits per heavy atom. The van der Waals surface area contributed by atoms with E-state index in [9.17, 15) is 14.4 Å². The maximum atomic E-state index is 12.7. The smallest absolute Gasteiger partial charge is 0.253 e. The number of benzene rings is 1. The molecular formula is C20H28ClN3O3. The van der Waals surface area contributed by atoms with Crippen molar-refractivity contribution in [3.8, 4) is 0 Å². The van der Waals surface area contributed by atoms with Gasteiger partial charge in [0.1, 0.15) is 0 Å². The first-order chi connectivity index (χ1) is 12.6. The summed E-state index contributed by atoms with van der Waals surface area (Å²) in [5, 5.41) is 3.38. The van der Waals surface area contributed by atoms with Crippen LogP contribution in [0.5, 0.6) is 0 Å². The molecule has 0 bridgehead atoms. The van der Waals surface area contributed by atoms with Gasteiger partial charge in [-0.2, -0.15) is 0 Å². The van der Waals surface area contributed by atoms with Crippen molar-refractivity contribution in [2.75, 3.05) is 26.2 Å². The Morgan fingerprint density at radius 3 is 2.22 bits per heavy atom. The van der Waals surface area contributed by atoms with Crippen LogP contribution in [0.1, 0.15) is 48.5 Å². The molecule has 148 valence electrons. The molecule has 0 radical (unpaired) electrons. The zero-order chi connectivity index (χ0) is 18.5. The number of carbonyl (C=O) groups excluding carboxylic acids is 3. The fourth-order valence-corrected chi connectivity index (χ4v) is 3.61. The van der Waals surface area contributed by atoms with E-state index >= 15 is 0 Å². The molecule has 3 rings (SSSR count). The van der Waals surface area contributed by atoms with E-state index < -0.39 is 0 Å². The fourth-order valence-electron chi connectivity index (χ4n) is 3.61. The van der Waals surface area contributed by atoms with Gasteiger partial charge < -0.3 is 10.2 Å². The molecule has 2 saturated heterocycles. The third-order valence-electron chi connectivity index (χ3n) is 5.28. The number of piperidine rings is 1. The van der Waals surface area contributed by atoms with Gasteiger partial charge in [0.15, 0.2) is 0 Å². The largest absolute Gasteiger partial charge is 0.339 e. The van der Waals surface area contributed by atoms with Gasteiger partial charge in [-0.05, 0) is 49.5 Å². The van der Waals surface area contributed by atoms with Crippen LogP contribution in [0.15, 0.2) is 24.3 Å². The number of carbonyl (C=O) groups is 3. The van der Waals surface area contributed by atoms with Gasteiger partial charge in [0.25, 0.3) is 5.91 Å². The Morgan fingerprint density at radius 2 is 1.67 bits per heavy atom. The van der Waals surface area contributed by atoms with Crippen LogP contribution in [-0.4, -0.2) is 53.7 Å². The van der Waals surface area contributed by atoms with Crippen molar-refractivity contribution < 1.29 is 14.4 Å². The molecule has 0 spiro atoms. The van der Waals surface area contributed by atoms with E-state index in [0.29, 0.717) is 30.9 Å². The zero-order valence-electron chi connectivity index (χ0n) is 15.8. The van der Waals surface area contributed by atoms with E-state index in [0.717, 1.165) is 44.6 Å². The second-order valence-electron chi connectivity index (χ2n) is 7.11. The summed E-state index contributed by atoms with van der Waals surface area (Å²) < 4.78 is 0. The fraction of sp³-hybridized carbons (Fsp3) is 0.550. The van der Waals surface area contributed by atoms with E-state index in [4.69, 9.17) is 0 Å². The molecule has 2 heterocycles. The van der Waals surface area contributed by atoms with E-state index in [1.165, 1.54) is 4.90 Å². The van der Waals surface area contributed by atoms with Crippen molar-refractivity contribution in [2.45, 2.75) is 39.2 Å². The molecule has 27 heavy (non-hydrogen) atoms. The lowest BCUT2D eigenvalue weighted by Gasteiger charge is -2.32. The van der Waals surface area contributed by atoms with Crippen molar-refractivity contribution in [2.24, 2.45) is 5.92 Å². The Kier molecular flexibility index (Phi) is 7.80. The average Bonchev–Trinajstić information content (AvgIpc) is 2.99. The predicted octanol–water partition coefficient (Wildman–Crippen LogP) is 2.22. The molecule has 0 aromatic heterocycles. The number of amides is 3. The first kappa shape index (κ1) is 21.4. The molecular weight excluding hydrogens is 366 g/mol. The number of nitrogens with one attached hydrogen (secondary N) is 1. The quantitative estimate of drug-likeness (QED) is 0.752. The maximum Gasteiger partial charge on any atom is 0.253 e. The molecule has 3 amide bonds. The number of likely N-dealkylation sites (tertiary alicyclic amines) is 2. The van der Waals surface area contributed by atoms with Crippen LogP contribution in [0.3, 0.4) is 0 Å².